The normalized spacial score (nSPS) is 13.0. The SMILES string of the molecule is C=CC(=O)OCC[N+](C)(C)CCCCCCCCCCCO.O=S(=O)([N-]S(=O)(=O)C(F)(F)F)C(F)(F)F. The number of nitrogens with zero attached hydrogens (tertiary/aromatic N) is 2. The summed E-state index contributed by atoms with van der Waals surface area (Å²) in [4.78, 5) is 11.0. The van der Waals surface area contributed by atoms with Crippen LogP contribution in [0.2, 0.25) is 0 Å². The van der Waals surface area contributed by atoms with Gasteiger partial charge in [-0.15, -0.1) is 0 Å². The quantitative estimate of drug-likeness (QED) is 0.0871. The summed E-state index contributed by atoms with van der Waals surface area (Å²) in [5.41, 5.74) is -12.4. The summed E-state index contributed by atoms with van der Waals surface area (Å²) in [6.45, 7) is 6.17. The second-order valence-corrected chi connectivity index (χ2v) is 12.0. The van der Waals surface area contributed by atoms with E-state index >= 15 is 0 Å². The number of likely N-dealkylation sites (N-methyl/N-ethyl adjacent to an activating group) is 1. The van der Waals surface area contributed by atoms with Gasteiger partial charge in [0.15, 0.2) is 20.0 Å². The Hall–Kier alpha value is -1.43. The number of alkyl halides is 6. The number of esters is 1. The second kappa shape index (κ2) is 17.2. The molecule has 0 aliphatic heterocycles. The van der Waals surface area contributed by atoms with Crippen molar-refractivity contribution in [1.29, 1.82) is 0 Å². The Labute approximate surface area is 214 Å². The van der Waals surface area contributed by atoms with E-state index in [0.717, 1.165) is 28.1 Å². The van der Waals surface area contributed by atoms with E-state index in [1.807, 2.05) is 0 Å². The lowest BCUT2D eigenvalue weighted by molar-refractivity contribution is -0.890. The molecule has 222 valence electrons. The zero-order valence-corrected chi connectivity index (χ0v) is 22.5. The van der Waals surface area contributed by atoms with Crippen molar-refractivity contribution >= 4 is 26.0 Å². The number of unbranched alkanes of at least 4 members (excludes halogenated alkanes) is 8. The van der Waals surface area contributed by atoms with Gasteiger partial charge in [-0.3, -0.25) is 0 Å². The number of rotatable bonds is 17. The number of quaternary nitrogens is 1. The number of halogens is 6. The van der Waals surface area contributed by atoms with Crippen LogP contribution in [0.15, 0.2) is 12.7 Å². The van der Waals surface area contributed by atoms with Gasteiger partial charge in [0.2, 0.25) is 0 Å². The molecule has 0 aromatic carbocycles. The van der Waals surface area contributed by atoms with Crippen molar-refractivity contribution in [3.05, 3.63) is 16.8 Å². The number of ether oxygens (including phenoxy) is 1. The molecule has 0 saturated carbocycles. The molecule has 0 heterocycles. The number of hydrogen-bond acceptors (Lipinski definition) is 7. The fourth-order valence-electron chi connectivity index (χ4n) is 2.67. The van der Waals surface area contributed by atoms with E-state index in [1.54, 1.807) is 0 Å². The Kier molecular flexibility index (Phi) is 17.6. The van der Waals surface area contributed by atoms with Gasteiger partial charge in [-0.2, -0.15) is 26.3 Å². The van der Waals surface area contributed by atoms with Crippen molar-refractivity contribution in [2.45, 2.75) is 68.8 Å². The third kappa shape index (κ3) is 18.5. The number of carbonyl (C=O) groups is 1. The monoisotopic (exact) mass is 594 g/mol. The molecule has 0 aromatic heterocycles. The van der Waals surface area contributed by atoms with Gasteiger partial charge in [0.1, 0.15) is 13.2 Å². The summed E-state index contributed by atoms with van der Waals surface area (Å²) >= 11 is 0. The lowest BCUT2D eigenvalue weighted by Gasteiger charge is -2.29. The first-order valence-electron chi connectivity index (χ1n) is 11.3. The molecule has 0 spiro atoms. The Balaban J connectivity index is 0. The molecule has 0 aliphatic carbocycles. The minimum atomic E-state index is -6.72. The largest absolute Gasteiger partial charge is 0.480 e. The van der Waals surface area contributed by atoms with Gasteiger partial charge in [0, 0.05) is 12.7 Å². The van der Waals surface area contributed by atoms with Gasteiger partial charge in [0.05, 0.1) is 20.6 Å². The Morgan fingerprint density at radius 2 is 1.19 bits per heavy atom. The molecule has 37 heavy (non-hydrogen) atoms. The third-order valence-electron chi connectivity index (χ3n) is 4.81. The standard InChI is InChI=1S/C18H36NO3.C2F6NO4S2/c1-4-18(21)22-17-15-19(2,3)14-12-10-8-6-5-7-9-11-13-16-20;3-1(4,5)14(10,11)9-15(12,13)2(6,7)8/h4,20H,1,5-17H2,2-3H3;/q+1;-1. The summed E-state index contributed by atoms with van der Waals surface area (Å²) in [7, 11) is -9.08. The molecule has 0 rings (SSSR count). The molecule has 0 bridgehead atoms. The van der Waals surface area contributed by atoms with Crippen LogP contribution in [0.3, 0.4) is 0 Å². The molecule has 0 radical (unpaired) electrons. The van der Waals surface area contributed by atoms with E-state index in [9.17, 15) is 48.0 Å². The second-order valence-electron chi connectivity index (χ2n) is 8.58. The maximum atomic E-state index is 11.4. The van der Waals surface area contributed by atoms with Crippen molar-refractivity contribution in [1.82, 2.24) is 0 Å². The molecule has 1 N–H and O–H groups in total. The van der Waals surface area contributed by atoms with E-state index in [2.05, 4.69) is 20.7 Å². The summed E-state index contributed by atoms with van der Waals surface area (Å²) < 4.78 is 115. The van der Waals surface area contributed by atoms with E-state index in [0.29, 0.717) is 13.2 Å². The van der Waals surface area contributed by atoms with Crippen LogP contribution in [0.1, 0.15) is 57.8 Å². The van der Waals surface area contributed by atoms with Crippen LogP contribution in [0.4, 0.5) is 26.3 Å². The van der Waals surface area contributed by atoms with Crippen molar-refractivity contribution < 1.29 is 62.3 Å². The van der Waals surface area contributed by atoms with Gasteiger partial charge in [-0.25, -0.2) is 21.6 Å². The van der Waals surface area contributed by atoms with Crippen LogP contribution in [0.5, 0.6) is 0 Å². The first-order valence-corrected chi connectivity index (χ1v) is 14.2. The van der Waals surface area contributed by atoms with Crippen LogP contribution in [0.25, 0.3) is 4.13 Å². The lowest BCUT2D eigenvalue weighted by Crippen LogP contribution is -2.43. The third-order valence-corrected chi connectivity index (χ3v) is 7.55. The fraction of sp³-hybridized carbons (Fsp3) is 0.850. The highest BCUT2D eigenvalue weighted by Crippen LogP contribution is 2.36. The zero-order valence-electron chi connectivity index (χ0n) is 20.9. The van der Waals surface area contributed by atoms with Crippen molar-refractivity contribution in [2.24, 2.45) is 0 Å². The van der Waals surface area contributed by atoms with E-state index in [1.165, 1.54) is 57.4 Å². The highest BCUT2D eigenvalue weighted by molar-refractivity contribution is 8.13. The maximum Gasteiger partial charge on any atom is 0.480 e. The van der Waals surface area contributed by atoms with E-state index in [4.69, 9.17) is 9.84 Å². The van der Waals surface area contributed by atoms with Crippen molar-refractivity contribution in [3.63, 3.8) is 0 Å². The Bertz CT molecular complexity index is 833. The first kappa shape index (κ1) is 37.7. The average molecular weight is 595 g/mol. The Morgan fingerprint density at radius 3 is 1.54 bits per heavy atom. The predicted octanol–water partition coefficient (Wildman–Crippen LogP) is 4.35. The lowest BCUT2D eigenvalue weighted by atomic mass is 10.1. The number of carbonyl (C=O) groups excluding carboxylic acids is 1. The molecule has 0 saturated heterocycles. The Morgan fingerprint density at radius 1 is 0.811 bits per heavy atom. The van der Waals surface area contributed by atoms with Crippen LogP contribution in [-0.2, 0) is 29.6 Å². The van der Waals surface area contributed by atoms with Crippen LogP contribution in [-0.4, -0.2) is 83.8 Å². The molecule has 0 aromatic rings. The van der Waals surface area contributed by atoms with E-state index < -0.39 is 31.1 Å². The molecular weight excluding hydrogens is 558 g/mol. The molecule has 0 unspecified atom stereocenters. The number of hydrogen-bond donors (Lipinski definition) is 1. The summed E-state index contributed by atoms with van der Waals surface area (Å²) in [5, 5.41) is 8.70. The van der Waals surface area contributed by atoms with Crippen molar-refractivity contribution in [3.8, 4) is 0 Å². The minimum Gasteiger partial charge on any atom is -0.457 e. The topological polar surface area (TPSA) is 129 Å². The van der Waals surface area contributed by atoms with Gasteiger partial charge in [-0.05, 0) is 19.3 Å². The average Bonchev–Trinajstić information content (AvgIpc) is 2.73. The predicted molar refractivity (Wildman–Crippen MR) is 125 cm³/mol. The summed E-state index contributed by atoms with van der Waals surface area (Å²) in [6, 6.07) is 0. The smallest absolute Gasteiger partial charge is 0.457 e. The van der Waals surface area contributed by atoms with Crippen LogP contribution in [0, 0.1) is 0 Å². The van der Waals surface area contributed by atoms with Gasteiger partial charge < -0.3 is 18.5 Å². The number of aliphatic hydroxyl groups excluding tert-OH is 1. The number of aliphatic hydroxyl groups is 1. The summed E-state index contributed by atoms with van der Waals surface area (Å²) in [5.74, 6) is -0.334. The molecule has 0 fully saturated rings. The molecule has 0 amide bonds. The van der Waals surface area contributed by atoms with Gasteiger partial charge in [0.25, 0.3) is 0 Å². The minimum absolute atomic E-state index is 0.334. The molecule has 0 aliphatic rings. The summed E-state index contributed by atoms with van der Waals surface area (Å²) in [6.07, 6.45) is 12.4. The van der Waals surface area contributed by atoms with Crippen molar-refractivity contribution in [2.75, 3.05) is 40.4 Å². The molecule has 9 nitrogen and oxygen atoms in total. The number of sulfonamides is 2. The molecule has 17 heteroatoms. The maximum absolute atomic E-state index is 11.4. The van der Waals surface area contributed by atoms with Crippen LogP contribution < -0.4 is 0 Å². The van der Waals surface area contributed by atoms with Gasteiger partial charge >= 0.3 is 17.0 Å². The zero-order chi connectivity index (χ0) is 29.4. The van der Waals surface area contributed by atoms with Crippen LogP contribution >= 0.6 is 0 Å². The van der Waals surface area contributed by atoms with E-state index in [-0.39, 0.29) is 5.97 Å². The molecular formula is C20H36F6N2O7S2. The highest BCUT2D eigenvalue weighted by Gasteiger charge is 2.46. The molecule has 0 atom stereocenters. The fourth-order valence-corrected chi connectivity index (χ4v) is 4.38. The van der Waals surface area contributed by atoms with Gasteiger partial charge in [-0.1, -0.05) is 45.1 Å². The first-order chi connectivity index (χ1) is 16.7. The highest BCUT2D eigenvalue weighted by atomic mass is 32.3.